The molecule has 3 heterocycles. The smallest absolute Gasteiger partial charge is 0.318 e. The molecule has 21 heavy (non-hydrogen) atoms. The first-order valence-corrected chi connectivity index (χ1v) is 7.25. The van der Waals surface area contributed by atoms with E-state index in [1.165, 1.54) is 4.90 Å². The van der Waals surface area contributed by atoms with Gasteiger partial charge in [-0.2, -0.15) is 0 Å². The molecule has 0 aromatic carbocycles. The molecule has 2 amide bonds. The SMILES string of the molecule is O=C(NC1CCc2nnnn2CC1)N1CCC[C@@H]1C(F)F. The number of fused-ring (bicyclic) bond motifs is 1. The molecule has 0 spiro atoms. The van der Waals surface area contributed by atoms with E-state index in [9.17, 15) is 13.6 Å². The molecular weight excluding hydrogens is 282 g/mol. The molecule has 0 saturated carbocycles. The molecule has 1 fully saturated rings. The Morgan fingerprint density at radius 2 is 2.14 bits per heavy atom. The van der Waals surface area contributed by atoms with E-state index in [2.05, 4.69) is 20.8 Å². The molecule has 0 radical (unpaired) electrons. The second-order valence-electron chi connectivity index (χ2n) is 5.53. The van der Waals surface area contributed by atoms with E-state index in [1.54, 1.807) is 4.68 Å². The van der Waals surface area contributed by atoms with Gasteiger partial charge >= 0.3 is 6.03 Å². The van der Waals surface area contributed by atoms with Crippen molar-refractivity contribution in [2.45, 2.75) is 57.2 Å². The van der Waals surface area contributed by atoms with Crippen LogP contribution in [-0.2, 0) is 13.0 Å². The number of urea groups is 1. The number of tetrazole rings is 1. The predicted molar refractivity (Wildman–Crippen MR) is 68.8 cm³/mol. The van der Waals surface area contributed by atoms with Crippen LogP contribution in [-0.4, -0.2) is 56.2 Å². The van der Waals surface area contributed by atoms with Crippen molar-refractivity contribution in [3.8, 4) is 0 Å². The predicted octanol–water partition coefficient (Wildman–Crippen LogP) is 0.817. The Morgan fingerprint density at radius 1 is 1.29 bits per heavy atom. The van der Waals surface area contributed by atoms with Crippen LogP contribution in [0.3, 0.4) is 0 Å². The van der Waals surface area contributed by atoms with E-state index in [1.807, 2.05) is 0 Å². The van der Waals surface area contributed by atoms with Crippen LogP contribution in [0.4, 0.5) is 13.6 Å². The molecule has 2 atom stereocenters. The summed E-state index contributed by atoms with van der Waals surface area (Å²) in [5, 5.41) is 14.3. The van der Waals surface area contributed by atoms with Gasteiger partial charge in [0, 0.05) is 25.6 Å². The number of carbonyl (C=O) groups is 1. The summed E-state index contributed by atoms with van der Waals surface area (Å²) >= 11 is 0. The molecule has 7 nitrogen and oxygen atoms in total. The van der Waals surface area contributed by atoms with Crippen molar-refractivity contribution in [2.75, 3.05) is 6.54 Å². The average molecular weight is 300 g/mol. The molecule has 1 unspecified atom stereocenters. The van der Waals surface area contributed by atoms with E-state index >= 15 is 0 Å². The zero-order valence-corrected chi connectivity index (χ0v) is 11.6. The highest BCUT2D eigenvalue weighted by atomic mass is 19.3. The molecule has 116 valence electrons. The number of rotatable bonds is 2. The van der Waals surface area contributed by atoms with Crippen LogP contribution in [0.15, 0.2) is 0 Å². The van der Waals surface area contributed by atoms with Gasteiger partial charge in [0.15, 0.2) is 5.82 Å². The summed E-state index contributed by atoms with van der Waals surface area (Å²) in [6, 6.07) is -1.37. The average Bonchev–Trinajstić information content (AvgIpc) is 3.07. The van der Waals surface area contributed by atoms with E-state index < -0.39 is 12.5 Å². The summed E-state index contributed by atoms with van der Waals surface area (Å²) < 4.78 is 27.5. The highest BCUT2D eigenvalue weighted by molar-refractivity contribution is 5.75. The van der Waals surface area contributed by atoms with Crippen LogP contribution in [0.25, 0.3) is 0 Å². The van der Waals surface area contributed by atoms with Crippen molar-refractivity contribution in [1.29, 1.82) is 0 Å². The molecule has 1 aromatic heterocycles. The molecule has 0 bridgehead atoms. The second kappa shape index (κ2) is 5.90. The zero-order chi connectivity index (χ0) is 14.8. The number of aromatic nitrogens is 4. The number of carbonyl (C=O) groups excluding carboxylic acids is 1. The Balaban J connectivity index is 1.57. The number of hydrogen-bond acceptors (Lipinski definition) is 4. The standard InChI is InChI=1S/C12H18F2N6O/c13-11(14)9-2-1-6-19(9)12(21)15-8-3-4-10-16-17-18-20(10)7-5-8/h8-9,11H,1-7H2,(H,15,21)/t8?,9-/m1/s1. The van der Waals surface area contributed by atoms with Gasteiger partial charge in [0.05, 0.1) is 6.04 Å². The van der Waals surface area contributed by atoms with E-state index in [-0.39, 0.29) is 12.1 Å². The highest BCUT2D eigenvalue weighted by Gasteiger charge is 2.35. The largest absolute Gasteiger partial charge is 0.335 e. The Morgan fingerprint density at radius 3 is 2.95 bits per heavy atom. The Bertz CT molecular complexity index is 485. The lowest BCUT2D eigenvalue weighted by Gasteiger charge is -2.27. The third-order valence-corrected chi connectivity index (χ3v) is 4.19. The monoisotopic (exact) mass is 300 g/mol. The molecule has 1 saturated heterocycles. The molecule has 2 aliphatic rings. The molecule has 2 aliphatic heterocycles. The summed E-state index contributed by atoms with van der Waals surface area (Å²) in [6.07, 6.45) is 0.637. The third-order valence-electron chi connectivity index (χ3n) is 4.19. The van der Waals surface area contributed by atoms with Gasteiger partial charge in [0.2, 0.25) is 0 Å². The maximum Gasteiger partial charge on any atom is 0.318 e. The minimum absolute atomic E-state index is 0.0417. The van der Waals surface area contributed by atoms with Gasteiger partial charge in [-0.25, -0.2) is 18.3 Å². The van der Waals surface area contributed by atoms with Crippen LogP contribution in [0.5, 0.6) is 0 Å². The zero-order valence-electron chi connectivity index (χ0n) is 11.6. The van der Waals surface area contributed by atoms with Gasteiger partial charge < -0.3 is 10.2 Å². The van der Waals surface area contributed by atoms with E-state index in [0.29, 0.717) is 38.8 Å². The van der Waals surface area contributed by atoms with Gasteiger partial charge in [0.25, 0.3) is 6.43 Å². The first-order chi connectivity index (χ1) is 10.1. The number of likely N-dealkylation sites (tertiary alicyclic amines) is 1. The number of alkyl halides is 2. The molecule has 9 heteroatoms. The molecule has 1 N–H and O–H groups in total. The first kappa shape index (κ1) is 14.2. The Kier molecular flexibility index (Phi) is 3.98. The van der Waals surface area contributed by atoms with Gasteiger partial charge in [0.1, 0.15) is 0 Å². The minimum atomic E-state index is -2.48. The van der Waals surface area contributed by atoms with Gasteiger partial charge in [-0.1, -0.05) is 0 Å². The maximum atomic E-state index is 12.9. The van der Waals surface area contributed by atoms with Crippen molar-refractivity contribution in [2.24, 2.45) is 0 Å². The normalized spacial score (nSPS) is 25.8. The lowest BCUT2D eigenvalue weighted by molar-refractivity contribution is 0.0599. The van der Waals surface area contributed by atoms with Crippen molar-refractivity contribution >= 4 is 6.03 Å². The van der Waals surface area contributed by atoms with Crippen LogP contribution < -0.4 is 5.32 Å². The minimum Gasteiger partial charge on any atom is -0.335 e. The van der Waals surface area contributed by atoms with Crippen LogP contribution >= 0.6 is 0 Å². The van der Waals surface area contributed by atoms with E-state index in [0.717, 1.165) is 12.2 Å². The van der Waals surface area contributed by atoms with Crippen molar-refractivity contribution in [3.05, 3.63) is 5.82 Å². The molecular formula is C12H18F2N6O. The Hall–Kier alpha value is -1.80. The summed E-state index contributed by atoms with van der Waals surface area (Å²) in [6.45, 7) is 1.03. The fourth-order valence-electron chi connectivity index (χ4n) is 3.01. The lowest BCUT2D eigenvalue weighted by Crippen LogP contribution is -2.48. The van der Waals surface area contributed by atoms with Gasteiger partial charge in [-0.05, 0) is 36.1 Å². The summed E-state index contributed by atoms with van der Waals surface area (Å²) in [5.41, 5.74) is 0. The van der Waals surface area contributed by atoms with Crippen molar-refractivity contribution in [1.82, 2.24) is 30.4 Å². The number of aryl methyl sites for hydroxylation is 2. The van der Waals surface area contributed by atoms with Crippen molar-refractivity contribution in [3.63, 3.8) is 0 Å². The molecule has 0 aliphatic carbocycles. The first-order valence-electron chi connectivity index (χ1n) is 7.25. The summed E-state index contributed by atoms with van der Waals surface area (Å²) in [7, 11) is 0. The quantitative estimate of drug-likeness (QED) is 0.877. The summed E-state index contributed by atoms with van der Waals surface area (Å²) in [5.74, 6) is 0.804. The lowest BCUT2D eigenvalue weighted by atomic mass is 10.1. The molecule has 1 aromatic rings. The fourth-order valence-corrected chi connectivity index (χ4v) is 3.01. The number of halogens is 2. The number of amides is 2. The number of hydrogen-bond donors (Lipinski definition) is 1. The molecule has 3 rings (SSSR count). The van der Waals surface area contributed by atoms with Crippen LogP contribution in [0.2, 0.25) is 0 Å². The van der Waals surface area contributed by atoms with Gasteiger partial charge in [-0.3, -0.25) is 0 Å². The third kappa shape index (κ3) is 2.96. The maximum absolute atomic E-state index is 12.9. The second-order valence-corrected chi connectivity index (χ2v) is 5.53. The Labute approximate surface area is 120 Å². The van der Waals surface area contributed by atoms with Crippen LogP contribution in [0, 0.1) is 0 Å². The van der Waals surface area contributed by atoms with Crippen LogP contribution in [0.1, 0.15) is 31.5 Å². The van der Waals surface area contributed by atoms with Gasteiger partial charge in [-0.15, -0.1) is 5.10 Å². The highest BCUT2D eigenvalue weighted by Crippen LogP contribution is 2.23. The fraction of sp³-hybridized carbons (Fsp3) is 0.833. The topological polar surface area (TPSA) is 75.9 Å². The number of nitrogens with one attached hydrogen (secondary N) is 1. The van der Waals surface area contributed by atoms with E-state index in [4.69, 9.17) is 0 Å². The summed E-state index contributed by atoms with van der Waals surface area (Å²) in [4.78, 5) is 13.5. The van der Waals surface area contributed by atoms with Crippen molar-refractivity contribution < 1.29 is 13.6 Å². The number of nitrogens with zero attached hydrogens (tertiary/aromatic N) is 5.